The molecule has 0 heterocycles. The molecular formula is C14H22N2O. The summed E-state index contributed by atoms with van der Waals surface area (Å²) in [5, 5.41) is 0. The maximum absolute atomic E-state index is 12.1. The second-order valence-electron chi connectivity index (χ2n) is 4.40. The summed E-state index contributed by atoms with van der Waals surface area (Å²) in [7, 11) is 1.82. The van der Waals surface area contributed by atoms with Gasteiger partial charge in [-0.1, -0.05) is 26.0 Å². The van der Waals surface area contributed by atoms with E-state index in [-0.39, 0.29) is 11.8 Å². The molecule has 0 aliphatic rings. The van der Waals surface area contributed by atoms with Crippen molar-refractivity contribution in [2.24, 2.45) is 11.7 Å². The van der Waals surface area contributed by atoms with Gasteiger partial charge in [0, 0.05) is 18.7 Å². The lowest BCUT2D eigenvalue weighted by molar-refractivity contribution is -0.121. The van der Waals surface area contributed by atoms with Crippen molar-refractivity contribution in [3.63, 3.8) is 0 Å². The van der Waals surface area contributed by atoms with E-state index >= 15 is 0 Å². The Morgan fingerprint density at radius 3 is 2.41 bits per heavy atom. The SMILES string of the molecule is CCc1ccc(N(C)C(=O)C(C)CCN)cc1. The third kappa shape index (κ3) is 3.56. The van der Waals surface area contributed by atoms with Crippen LogP contribution in [0.2, 0.25) is 0 Å². The Kier molecular flexibility index (Phi) is 5.16. The summed E-state index contributed by atoms with van der Waals surface area (Å²) < 4.78 is 0. The first-order valence-corrected chi connectivity index (χ1v) is 6.16. The van der Waals surface area contributed by atoms with Gasteiger partial charge in [-0.25, -0.2) is 0 Å². The molecule has 0 aliphatic carbocycles. The van der Waals surface area contributed by atoms with Crippen LogP contribution >= 0.6 is 0 Å². The minimum atomic E-state index is -0.0177. The molecule has 1 aromatic rings. The molecule has 1 amide bonds. The third-order valence-corrected chi connectivity index (χ3v) is 3.08. The average Bonchev–Trinajstić information content (AvgIpc) is 2.37. The van der Waals surface area contributed by atoms with E-state index in [1.54, 1.807) is 4.90 Å². The molecule has 1 aromatic carbocycles. The van der Waals surface area contributed by atoms with E-state index in [9.17, 15) is 4.79 Å². The smallest absolute Gasteiger partial charge is 0.229 e. The molecule has 17 heavy (non-hydrogen) atoms. The van der Waals surface area contributed by atoms with Gasteiger partial charge in [0.05, 0.1) is 0 Å². The molecule has 0 radical (unpaired) electrons. The fourth-order valence-electron chi connectivity index (χ4n) is 1.79. The summed E-state index contributed by atoms with van der Waals surface area (Å²) >= 11 is 0. The zero-order valence-corrected chi connectivity index (χ0v) is 10.9. The van der Waals surface area contributed by atoms with Crippen LogP contribution in [-0.4, -0.2) is 19.5 Å². The van der Waals surface area contributed by atoms with Crippen molar-refractivity contribution in [2.45, 2.75) is 26.7 Å². The van der Waals surface area contributed by atoms with E-state index in [0.29, 0.717) is 6.54 Å². The van der Waals surface area contributed by atoms with Crippen molar-refractivity contribution in [3.05, 3.63) is 29.8 Å². The number of aryl methyl sites for hydroxylation is 1. The van der Waals surface area contributed by atoms with Crippen LogP contribution in [0.5, 0.6) is 0 Å². The summed E-state index contributed by atoms with van der Waals surface area (Å²) in [4.78, 5) is 13.8. The van der Waals surface area contributed by atoms with Crippen molar-refractivity contribution in [2.75, 3.05) is 18.5 Å². The lowest BCUT2D eigenvalue weighted by Crippen LogP contribution is -2.32. The molecule has 3 heteroatoms. The molecule has 1 atom stereocenters. The van der Waals surface area contributed by atoms with Crippen LogP contribution in [0.15, 0.2) is 24.3 Å². The Labute approximate surface area is 104 Å². The maximum Gasteiger partial charge on any atom is 0.229 e. The largest absolute Gasteiger partial charge is 0.330 e. The van der Waals surface area contributed by atoms with E-state index in [0.717, 1.165) is 18.5 Å². The zero-order valence-electron chi connectivity index (χ0n) is 10.9. The van der Waals surface area contributed by atoms with Crippen molar-refractivity contribution >= 4 is 11.6 Å². The van der Waals surface area contributed by atoms with E-state index in [1.165, 1.54) is 5.56 Å². The standard InChI is InChI=1S/C14H22N2O/c1-4-12-5-7-13(8-6-12)16(3)14(17)11(2)9-10-15/h5-8,11H,4,9-10,15H2,1-3H3. The number of hydrogen-bond acceptors (Lipinski definition) is 2. The number of carbonyl (C=O) groups is 1. The minimum absolute atomic E-state index is 0.0177. The monoisotopic (exact) mass is 234 g/mol. The number of benzene rings is 1. The highest BCUT2D eigenvalue weighted by molar-refractivity contribution is 5.94. The Hall–Kier alpha value is -1.35. The fourth-order valence-corrected chi connectivity index (χ4v) is 1.79. The van der Waals surface area contributed by atoms with E-state index in [4.69, 9.17) is 5.73 Å². The number of amides is 1. The zero-order chi connectivity index (χ0) is 12.8. The van der Waals surface area contributed by atoms with Gasteiger partial charge in [-0.05, 0) is 37.1 Å². The van der Waals surface area contributed by atoms with Gasteiger partial charge in [-0.15, -0.1) is 0 Å². The van der Waals surface area contributed by atoms with Gasteiger partial charge in [0.2, 0.25) is 5.91 Å². The van der Waals surface area contributed by atoms with Gasteiger partial charge in [-0.3, -0.25) is 4.79 Å². The first kappa shape index (κ1) is 13.7. The molecule has 94 valence electrons. The minimum Gasteiger partial charge on any atom is -0.330 e. The number of nitrogens with zero attached hydrogens (tertiary/aromatic N) is 1. The number of hydrogen-bond donors (Lipinski definition) is 1. The Balaban J connectivity index is 2.74. The second-order valence-corrected chi connectivity index (χ2v) is 4.40. The third-order valence-electron chi connectivity index (χ3n) is 3.08. The van der Waals surface area contributed by atoms with Gasteiger partial charge < -0.3 is 10.6 Å². The molecule has 0 spiro atoms. The molecule has 1 rings (SSSR count). The molecular weight excluding hydrogens is 212 g/mol. The van der Waals surface area contributed by atoms with Gasteiger partial charge in [0.15, 0.2) is 0 Å². The van der Waals surface area contributed by atoms with Crippen molar-refractivity contribution < 1.29 is 4.79 Å². The van der Waals surface area contributed by atoms with Crippen molar-refractivity contribution in [1.29, 1.82) is 0 Å². The summed E-state index contributed by atoms with van der Waals surface area (Å²) in [6.45, 7) is 4.59. The molecule has 0 aliphatic heterocycles. The van der Waals surface area contributed by atoms with Crippen LogP contribution in [0.3, 0.4) is 0 Å². The van der Waals surface area contributed by atoms with Gasteiger partial charge >= 0.3 is 0 Å². The van der Waals surface area contributed by atoms with Gasteiger partial charge in [0.1, 0.15) is 0 Å². The highest BCUT2D eigenvalue weighted by Crippen LogP contribution is 2.17. The lowest BCUT2D eigenvalue weighted by atomic mass is 10.1. The first-order chi connectivity index (χ1) is 8.10. The quantitative estimate of drug-likeness (QED) is 0.849. The van der Waals surface area contributed by atoms with Gasteiger partial charge in [0.25, 0.3) is 0 Å². The first-order valence-electron chi connectivity index (χ1n) is 6.16. The Bertz CT molecular complexity index is 359. The fraction of sp³-hybridized carbons (Fsp3) is 0.500. The lowest BCUT2D eigenvalue weighted by Gasteiger charge is -2.21. The van der Waals surface area contributed by atoms with E-state index in [1.807, 2.05) is 26.1 Å². The molecule has 0 saturated carbocycles. The van der Waals surface area contributed by atoms with Crippen molar-refractivity contribution in [3.8, 4) is 0 Å². The molecule has 1 unspecified atom stereocenters. The molecule has 0 bridgehead atoms. The van der Waals surface area contributed by atoms with Crippen molar-refractivity contribution in [1.82, 2.24) is 0 Å². The Morgan fingerprint density at radius 1 is 1.35 bits per heavy atom. The van der Waals surface area contributed by atoms with Crippen LogP contribution in [-0.2, 0) is 11.2 Å². The highest BCUT2D eigenvalue weighted by Gasteiger charge is 2.17. The summed E-state index contributed by atoms with van der Waals surface area (Å²) in [6, 6.07) is 8.11. The van der Waals surface area contributed by atoms with Crippen LogP contribution in [0.25, 0.3) is 0 Å². The topological polar surface area (TPSA) is 46.3 Å². The molecule has 0 saturated heterocycles. The molecule has 3 nitrogen and oxygen atoms in total. The predicted octanol–water partition coefficient (Wildman–Crippen LogP) is 2.20. The number of anilines is 1. The van der Waals surface area contributed by atoms with E-state index in [2.05, 4.69) is 19.1 Å². The molecule has 2 N–H and O–H groups in total. The Morgan fingerprint density at radius 2 is 1.94 bits per heavy atom. The molecule has 0 fully saturated rings. The normalized spacial score (nSPS) is 12.2. The average molecular weight is 234 g/mol. The highest BCUT2D eigenvalue weighted by atomic mass is 16.2. The van der Waals surface area contributed by atoms with E-state index < -0.39 is 0 Å². The maximum atomic E-state index is 12.1. The number of rotatable bonds is 5. The predicted molar refractivity (Wildman–Crippen MR) is 72.1 cm³/mol. The van der Waals surface area contributed by atoms with Crippen LogP contribution in [0.4, 0.5) is 5.69 Å². The van der Waals surface area contributed by atoms with Crippen LogP contribution in [0.1, 0.15) is 25.8 Å². The summed E-state index contributed by atoms with van der Waals surface area (Å²) in [6.07, 6.45) is 1.75. The number of nitrogens with two attached hydrogens (primary N) is 1. The number of carbonyl (C=O) groups excluding carboxylic acids is 1. The van der Waals surface area contributed by atoms with Gasteiger partial charge in [-0.2, -0.15) is 0 Å². The summed E-state index contributed by atoms with van der Waals surface area (Å²) in [5.74, 6) is 0.107. The summed E-state index contributed by atoms with van der Waals surface area (Å²) in [5.41, 5.74) is 7.70. The van der Waals surface area contributed by atoms with Crippen LogP contribution < -0.4 is 10.6 Å². The second kappa shape index (κ2) is 6.40. The van der Waals surface area contributed by atoms with Crippen LogP contribution in [0, 0.1) is 5.92 Å². The molecule has 0 aromatic heterocycles.